The van der Waals surface area contributed by atoms with E-state index in [1.165, 1.54) is 4.90 Å². The maximum atomic E-state index is 12.1. The number of hydrogen-bond acceptors (Lipinski definition) is 5. The van der Waals surface area contributed by atoms with Gasteiger partial charge in [0, 0.05) is 0 Å². The van der Waals surface area contributed by atoms with E-state index < -0.39 is 35.5 Å². The molecular weight excluding hydrogens is 252 g/mol. The summed E-state index contributed by atoms with van der Waals surface area (Å²) >= 11 is 0. The van der Waals surface area contributed by atoms with Crippen molar-refractivity contribution in [2.75, 3.05) is 6.54 Å². The van der Waals surface area contributed by atoms with E-state index >= 15 is 0 Å². The minimum absolute atomic E-state index is 0.0926. The van der Waals surface area contributed by atoms with Gasteiger partial charge in [0.05, 0.1) is 6.54 Å². The molecule has 1 aliphatic rings. The zero-order valence-electron chi connectivity index (χ0n) is 12.0. The average molecular weight is 274 g/mol. The maximum absolute atomic E-state index is 12.1. The van der Waals surface area contributed by atoms with E-state index in [1.54, 1.807) is 34.6 Å². The number of rotatable bonds is 2. The number of hydrogen-bond donors (Lipinski definition) is 2. The molecule has 1 saturated heterocycles. The van der Waals surface area contributed by atoms with Gasteiger partial charge in [-0.15, -0.1) is 0 Å². The fourth-order valence-corrected chi connectivity index (χ4v) is 1.83. The van der Waals surface area contributed by atoms with Crippen molar-refractivity contribution in [3.63, 3.8) is 0 Å². The Morgan fingerprint density at radius 3 is 2.42 bits per heavy atom. The van der Waals surface area contributed by atoms with E-state index in [1.807, 2.05) is 0 Å². The molecule has 7 nitrogen and oxygen atoms in total. The molecule has 110 valence electrons. The predicted molar refractivity (Wildman–Crippen MR) is 67.5 cm³/mol. The summed E-state index contributed by atoms with van der Waals surface area (Å²) in [6.07, 6.45) is -1.29. The number of aliphatic carboxylic acids is 1. The van der Waals surface area contributed by atoms with Crippen molar-refractivity contribution in [1.82, 2.24) is 4.90 Å². The van der Waals surface area contributed by atoms with Gasteiger partial charge in [-0.05, 0) is 34.6 Å². The van der Waals surface area contributed by atoms with Crippen LogP contribution in [0.2, 0.25) is 0 Å². The molecule has 19 heavy (non-hydrogen) atoms. The second-order valence-corrected chi connectivity index (χ2v) is 6.06. The monoisotopic (exact) mass is 274 g/mol. The van der Waals surface area contributed by atoms with Gasteiger partial charge in [-0.1, -0.05) is 0 Å². The Morgan fingerprint density at radius 2 is 2.00 bits per heavy atom. The Balaban J connectivity index is 2.80. The lowest BCUT2D eigenvalue weighted by atomic mass is 10.2. The highest BCUT2D eigenvalue weighted by Crippen LogP contribution is 2.29. The fraction of sp³-hybridized carbons (Fsp3) is 0.833. The Labute approximate surface area is 112 Å². The number of amides is 1. The van der Waals surface area contributed by atoms with Crippen molar-refractivity contribution in [2.45, 2.75) is 58.1 Å². The van der Waals surface area contributed by atoms with Gasteiger partial charge in [-0.3, -0.25) is 9.69 Å². The van der Waals surface area contributed by atoms with Gasteiger partial charge in [0.15, 0.2) is 0 Å². The second kappa shape index (κ2) is 4.97. The van der Waals surface area contributed by atoms with Crippen LogP contribution in [0.1, 0.15) is 34.6 Å². The third-order valence-corrected chi connectivity index (χ3v) is 2.75. The molecule has 2 atom stereocenters. The molecule has 1 amide bonds. The minimum Gasteiger partial charge on any atom is -0.480 e. The van der Waals surface area contributed by atoms with E-state index in [9.17, 15) is 9.59 Å². The summed E-state index contributed by atoms with van der Waals surface area (Å²) in [5.74, 6) is -1.16. The number of ether oxygens (including phenoxy) is 2. The quantitative estimate of drug-likeness (QED) is 0.771. The Hall–Kier alpha value is -1.34. The van der Waals surface area contributed by atoms with E-state index in [0.29, 0.717) is 0 Å². The molecule has 0 spiro atoms. The van der Waals surface area contributed by atoms with Crippen LogP contribution >= 0.6 is 0 Å². The molecule has 0 saturated carbocycles. The fourth-order valence-electron chi connectivity index (χ4n) is 1.83. The highest BCUT2D eigenvalue weighted by atomic mass is 16.6. The molecule has 2 unspecified atom stereocenters. The highest BCUT2D eigenvalue weighted by Gasteiger charge is 2.47. The number of nitrogens with zero attached hydrogens (tertiary/aromatic N) is 1. The van der Waals surface area contributed by atoms with Crippen molar-refractivity contribution < 1.29 is 24.2 Å². The number of carboxylic acid groups (broad SMARTS) is 1. The number of nitrogens with two attached hydrogens (primary N) is 1. The maximum Gasteiger partial charge on any atom is 0.412 e. The lowest BCUT2D eigenvalue weighted by Crippen LogP contribution is -2.46. The summed E-state index contributed by atoms with van der Waals surface area (Å²) in [4.78, 5) is 24.3. The van der Waals surface area contributed by atoms with E-state index in [-0.39, 0.29) is 6.54 Å². The summed E-state index contributed by atoms with van der Waals surface area (Å²) in [6, 6.07) is -1.17. The summed E-state index contributed by atoms with van der Waals surface area (Å²) in [6.45, 7) is 8.71. The van der Waals surface area contributed by atoms with Crippen LogP contribution in [0.25, 0.3) is 0 Å². The van der Waals surface area contributed by atoms with Crippen LogP contribution in [0, 0.1) is 0 Å². The first-order valence-electron chi connectivity index (χ1n) is 6.11. The van der Waals surface area contributed by atoms with Crippen LogP contribution in [0.4, 0.5) is 4.79 Å². The number of carboxylic acids is 1. The van der Waals surface area contributed by atoms with Gasteiger partial charge in [0.25, 0.3) is 0 Å². The summed E-state index contributed by atoms with van der Waals surface area (Å²) in [7, 11) is 0. The molecule has 0 bridgehead atoms. The zero-order chi connectivity index (χ0) is 15.0. The van der Waals surface area contributed by atoms with Gasteiger partial charge < -0.3 is 20.3 Å². The van der Waals surface area contributed by atoms with E-state index in [0.717, 1.165) is 0 Å². The Bertz CT molecular complexity index is 375. The number of carbonyl (C=O) groups is 2. The van der Waals surface area contributed by atoms with Gasteiger partial charge >= 0.3 is 12.1 Å². The number of carbonyl (C=O) groups excluding carboxylic acids is 1. The molecule has 0 aliphatic carbocycles. The van der Waals surface area contributed by atoms with Crippen LogP contribution in [-0.2, 0) is 14.3 Å². The molecular formula is C12H22N2O5. The molecule has 0 aromatic heterocycles. The third-order valence-electron chi connectivity index (χ3n) is 2.75. The van der Waals surface area contributed by atoms with Crippen LogP contribution in [0.15, 0.2) is 0 Å². The van der Waals surface area contributed by atoms with Gasteiger partial charge in [-0.2, -0.15) is 0 Å². The van der Waals surface area contributed by atoms with Crippen molar-refractivity contribution in [2.24, 2.45) is 5.73 Å². The predicted octanol–water partition coefficient (Wildman–Crippen LogP) is 0.770. The Kier molecular flexibility index (Phi) is 4.11. The molecule has 3 N–H and O–H groups in total. The van der Waals surface area contributed by atoms with Crippen LogP contribution in [-0.4, -0.2) is 52.1 Å². The first-order chi connectivity index (χ1) is 8.44. The molecule has 7 heteroatoms. The van der Waals surface area contributed by atoms with Crippen molar-refractivity contribution in [3.05, 3.63) is 0 Å². The van der Waals surface area contributed by atoms with Crippen LogP contribution < -0.4 is 5.73 Å². The van der Waals surface area contributed by atoms with Crippen molar-refractivity contribution in [1.29, 1.82) is 0 Å². The normalized spacial score (nSPS) is 24.1. The summed E-state index contributed by atoms with van der Waals surface area (Å²) in [5.41, 5.74) is 3.96. The van der Waals surface area contributed by atoms with E-state index in [4.69, 9.17) is 20.3 Å². The molecule has 1 heterocycles. The summed E-state index contributed by atoms with van der Waals surface area (Å²) in [5, 5.41) is 8.88. The molecule has 1 aliphatic heterocycles. The SMILES string of the molecule is CC(C)(C)OC(=O)N1CC(C(N)C(=O)O)OC1(C)C. The van der Waals surface area contributed by atoms with Crippen LogP contribution in [0.5, 0.6) is 0 Å². The standard InChI is InChI=1S/C12H22N2O5/c1-11(2,3)19-10(17)14-6-7(8(13)9(15)16)18-12(14,4)5/h7-8H,6,13H2,1-5H3,(H,15,16). The third kappa shape index (κ3) is 3.81. The first kappa shape index (κ1) is 15.7. The molecule has 1 rings (SSSR count). The smallest absolute Gasteiger partial charge is 0.412 e. The topological polar surface area (TPSA) is 102 Å². The molecule has 0 aromatic carbocycles. The van der Waals surface area contributed by atoms with Gasteiger partial charge in [-0.25, -0.2) is 4.79 Å². The molecule has 0 aromatic rings. The first-order valence-corrected chi connectivity index (χ1v) is 6.11. The molecule has 0 radical (unpaired) electrons. The Morgan fingerprint density at radius 1 is 1.47 bits per heavy atom. The zero-order valence-corrected chi connectivity index (χ0v) is 12.0. The minimum atomic E-state index is -1.17. The van der Waals surface area contributed by atoms with Gasteiger partial charge in [0.1, 0.15) is 23.5 Å². The highest BCUT2D eigenvalue weighted by molar-refractivity contribution is 5.75. The van der Waals surface area contributed by atoms with Gasteiger partial charge in [0.2, 0.25) is 0 Å². The van der Waals surface area contributed by atoms with Crippen molar-refractivity contribution in [3.8, 4) is 0 Å². The molecule has 1 fully saturated rings. The lowest BCUT2D eigenvalue weighted by molar-refractivity contribution is -0.144. The second-order valence-electron chi connectivity index (χ2n) is 6.06. The van der Waals surface area contributed by atoms with Crippen molar-refractivity contribution >= 4 is 12.1 Å². The van der Waals surface area contributed by atoms with Crippen LogP contribution in [0.3, 0.4) is 0 Å². The largest absolute Gasteiger partial charge is 0.480 e. The lowest BCUT2D eigenvalue weighted by Gasteiger charge is -2.31. The average Bonchev–Trinajstić information content (AvgIpc) is 2.50. The van der Waals surface area contributed by atoms with E-state index in [2.05, 4.69) is 0 Å². The summed E-state index contributed by atoms with van der Waals surface area (Å²) < 4.78 is 10.8.